The van der Waals surface area contributed by atoms with Crippen LogP contribution in [-0.2, 0) is 11.3 Å². The van der Waals surface area contributed by atoms with E-state index in [1.165, 1.54) is 7.11 Å². The van der Waals surface area contributed by atoms with Gasteiger partial charge in [0, 0.05) is 16.7 Å². The van der Waals surface area contributed by atoms with Gasteiger partial charge < -0.3 is 25.4 Å². The molecule has 1 aliphatic heterocycles. The number of rotatable bonds is 7. The molecule has 8 heteroatoms. The molecular formula is C23H22BrN3O4. The Balaban J connectivity index is 1.90. The van der Waals surface area contributed by atoms with Crippen molar-refractivity contribution in [3.8, 4) is 23.8 Å². The van der Waals surface area contributed by atoms with Crippen molar-refractivity contribution in [3.05, 3.63) is 70.3 Å². The van der Waals surface area contributed by atoms with E-state index in [-0.39, 0.29) is 12.5 Å². The van der Waals surface area contributed by atoms with E-state index in [0.29, 0.717) is 33.8 Å². The van der Waals surface area contributed by atoms with Crippen LogP contribution in [0.3, 0.4) is 0 Å². The number of terminal acetylenes is 1. The van der Waals surface area contributed by atoms with Gasteiger partial charge in [0.1, 0.15) is 12.5 Å². The predicted octanol–water partition coefficient (Wildman–Crippen LogP) is 3.27. The van der Waals surface area contributed by atoms with Crippen LogP contribution in [0.15, 0.2) is 59.2 Å². The maximum atomic E-state index is 13.1. The largest absolute Gasteiger partial charge is 0.493 e. The van der Waals surface area contributed by atoms with Crippen LogP contribution in [0, 0.1) is 18.3 Å². The molecule has 160 valence electrons. The monoisotopic (exact) mass is 483 g/mol. The molecule has 7 nitrogen and oxygen atoms in total. The van der Waals surface area contributed by atoms with E-state index in [4.69, 9.17) is 15.9 Å². The fraction of sp³-hybridized carbons (Fsp3) is 0.217. The van der Waals surface area contributed by atoms with Crippen LogP contribution in [0.5, 0.6) is 11.5 Å². The number of carbonyl (C=O) groups is 2. The minimum absolute atomic E-state index is 0.0769. The summed E-state index contributed by atoms with van der Waals surface area (Å²) in [5, 5.41) is 8.33. The van der Waals surface area contributed by atoms with Gasteiger partial charge in [-0.15, -0.1) is 6.42 Å². The first-order valence-electron chi connectivity index (χ1n) is 9.46. The van der Waals surface area contributed by atoms with E-state index < -0.39 is 18.0 Å². The number of amides is 3. The van der Waals surface area contributed by atoms with Gasteiger partial charge in [-0.2, -0.15) is 0 Å². The quantitative estimate of drug-likeness (QED) is 0.527. The number of carbonyl (C=O) groups excluding carboxylic acids is 2. The van der Waals surface area contributed by atoms with E-state index in [0.717, 1.165) is 5.56 Å². The maximum Gasteiger partial charge on any atom is 0.319 e. The molecule has 1 heterocycles. The molecule has 1 saturated heterocycles. The molecular weight excluding hydrogens is 462 g/mol. The fourth-order valence-electron chi connectivity index (χ4n) is 3.33. The Bertz CT molecular complexity index is 1030. The second kappa shape index (κ2) is 10.0. The molecule has 2 aromatic rings. The summed E-state index contributed by atoms with van der Waals surface area (Å²) in [4.78, 5) is 25.3. The summed E-state index contributed by atoms with van der Waals surface area (Å²) < 4.78 is 11.6. The third-order valence-corrected chi connectivity index (χ3v) is 5.48. The lowest BCUT2D eigenvalue weighted by Crippen LogP contribution is -2.53. The number of urea groups is 1. The lowest BCUT2D eigenvalue weighted by molar-refractivity contribution is -0.125. The summed E-state index contributed by atoms with van der Waals surface area (Å²) in [7, 11) is 1.50. The molecule has 0 saturated carbocycles. The molecule has 0 bridgehead atoms. The lowest BCUT2D eigenvalue weighted by atomic mass is 9.88. The SMILES string of the molecule is C#CCOc1cc(Br)c([C@@H]2NC(=O)NC(=C)[C@@H]2C(=O)NCc2ccccc2)cc1OC. The summed E-state index contributed by atoms with van der Waals surface area (Å²) in [6.45, 7) is 4.33. The normalized spacial score (nSPS) is 17.7. The third-order valence-electron chi connectivity index (χ3n) is 4.79. The van der Waals surface area contributed by atoms with Crippen molar-refractivity contribution in [3.63, 3.8) is 0 Å². The first-order chi connectivity index (χ1) is 14.9. The van der Waals surface area contributed by atoms with Crippen LogP contribution in [0.1, 0.15) is 17.2 Å². The van der Waals surface area contributed by atoms with Gasteiger partial charge in [0.2, 0.25) is 5.91 Å². The van der Waals surface area contributed by atoms with Crippen LogP contribution >= 0.6 is 15.9 Å². The molecule has 3 N–H and O–H groups in total. The average Bonchev–Trinajstić information content (AvgIpc) is 2.76. The highest BCUT2D eigenvalue weighted by Gasteiger charge is 2.39. The molecule has 0 spiro atoms. The van der Waals surface area contributed by atoms with E-state index in [1.54, 1.807) is 12.1 Å². The molecule has 1 fully saturated rings. The lowest BCUT2D eigenvalue weighted by Gasteiger charge is -2.34. The van der Waals surface area contributed by atoms with Crippen LogP contribution in [-0.4, -0.2) is 25.7 Å². The van der Waals surface area contributed by atoms with Crippen molar-refractivity contribution in [2.75, 3.05) is 13.7 Å². The zero-order chi connectivity index (χ0) is 22.4. The van der Waals surface area contributed by atoms with Gasteiger partial charge in [0.15, 0.2) is 11.5 Å². The number of ether oxygens (including phenoxy) is 2. The van der Waals surface area contributed by atoms with Crippen molar-refractivity contribution in [1.29, 1.82) is 0 Å². The summed E-state index contributed by atoms with van der Waals surface area (Å²) in [5.41, 5.74) is 1.90. The first-order valence-corrected chi connectivity index (χ1v) is 10.3. The van der Waals surface area contributed by atoms with Gasteiger partial charge in [-0.25, -0.2) is 4.79 Å². The van der Waals surface area contributed by atoms with Gasteiger partial charge in [0.25, 0.3) is 0 Å². The number of methoxy groups -OCH3 is 1. The predicted molar refractivity (Wildman–Crippen MR) is 120 cm³/mol. The fourth-order valence-corrected chi connectivity index (χ4v) is 3.90. The molecule has 0 aliphatic carbocycles. The molecule has 3 amide bonds. The second-order valence-corrected chi connectivity index (χ2v) is 7.65. The Morgan fingerprint density at radius 1 is 1.29 bits per heavy atom. The van der Waals surface area contributed by atoms with Gasteiger partial charge in [-0.1, -0.05) is 58.8 Å². The molecule has 2 atom stereocenters. The van der Waals surface area contributed by atoms with Gasteiger partial charge in [0.05, 0.1) is 13.2 Å². The van der Waals surface area contributed by atoms with E-state index in [9.17, 15) is 9.59 Å². The average molecular weight is 484 g/mol. The molecule has 31 heavy (non-hydrogen) atoms. The Morgan fingerprint density at radius 3 is 2.71 bits per heavy atom. The Morgan fingerprint density at radius 2 is 2.03 bits per heavy atom. The van der Waals surface area contributed by atoms with Crippen molar-refractivity contribution < 1.29 is 19.1 Å². The van der Waals surface area contributed by atoms with E-state index in [1.807, 2.05) is 30.3 Å². The number of hydrogen-bond donors (Lipinski definition) is 3. The minimum Gasteiger partial charge on any atom is -0.493 e. The van der Waals surface area contributed by atoms with Gasteiger partial charge in [-0.3, -0.25) is 4.79 Å². The molecule has 1 aliphatic rings. The summed E-state index contributed by atoms with van der Waals surface area (Å²) in [5.74, 6) is 2.25. The van der Waals surface area contributed by atoms with Crippen molar-refractivity contribution in [2.24, 2.45) is 5.92 Å². The van der Waals surface area contributed by atoms with Crippen LogP contribution < -0.4 is 25.4 Å². The molecule has 0 unspecified atom stereocenters. The first kappa shape index (κ1) is 22.2. The standard InChI is InChI=1S/C23H22BrN3O4/c1-4-10-31-19-12-17(24)16(11-18(19)30-3)21-20(14(2)26-23(29)27-21)22(28)25-13-15-8-6-5-7-9-15/h1,5-9,11-12,20-21H,2,10,13H2,3H3,(H,25,28)(H2,26,27,29)/t20-,21-/m0/s1. The Kier molecular flexibility index (Phi) is 7.21. The summed E-state index contributed by atoms with van der Waals surface area (Å²) in [6, 6.07) is 11.8. The van der Waals surface area contributed by atoms with E-state index in [2.05, 4.69) is 44.4 Å². The zero-order valence-electron chi connectivity index (χ0n) is 16.9. The number of nitrogens with one attached hydrogen (secondary N) is 3. The van der Waals surface area contributed by atoms with Gasteiger partial charge in [-0.05, 0) is 23.3 Å². The maximum absolute atomic E-state index is 13.1. The van der Waals surface area contributed by atoms with Crippen molar-refractivity contribution >= 4 is 27.9 Å². The van der Waals surface area contributed by atoms with E-state index >= 15 is 0 Å². The second-order valence-electron chi connectivity index (χ2n) is 6.80. The number of hydrogen-bond acceptors (Lipinski definition) is 4. The molecule has 3 rings (SSSR count). The highest BCUT2D eigenvalue weighted by Crippen LogP contribution is 2.40. The number of halogens is 1. The molecule has 2 aromatic carbocycles. The molecule has 0 aromatic heterocycles. The van der Waals surface area contributed by atoms with Crippen molar-refractivity contribution in [1.82, 2.24) is 16.0 Å². The van der Waals surface area contributed by atoms with Crippen LogP contribution in [0.25, 0.3) is 0 Å². The van der Waals surface area contributed by atoms with Crippen LogP contribution in [0.4, 0.5) is 4.79 Å². The number of benzene rings is 2. The topological polar surface area (TPSA) is 88.7 Å². The zero-order valence-corrected chi connectivity index (χ0v) is 18.5. The summed E-state index contributed by atoms with van der Waals surface area (Å²) >= 11 is 3.51. The third kappa shape index (κ3) is 5.19. The Labute approximate surface area is 189 Å². The minimum atomic E-state index is -0.750. The smallest absolute Gasteiger partial charge is 0.319 e. The highest BCUT2D eigenvalue weighted by atomic mass is 79.9. The Hall–Kier alpha value is -3.44. The summed E-state index contributed by atoms with van der Waals surface area (Å²) in [6.07, 6.45) is 5.27. The van der Waals surface area contributed by atoms with Crippen LogP contribution in [0.2, 0.25) is 0 Å². The van der Waals surface area contributed by atoms with Gasteiger partial charge >= 0.3 is 6.03 Å². The molecule has 0 radical (unpaired) electrons. The highest BCUT2D eigenvalue weighted by molar-refractivity contribution is 9.10. The van der Waals surface area contributed by atoms with Crippen molar-refractivity contribution in [2.45, 2.75) is 12.6 Å².